The third-order valence-electron chi connectivity index (χ3n) is 3.05. The molecule has 1 fully saturated rings. The lowest BCUT2D eigenvalue weighted by Crippen LogP contribution is -2.38. The van der Waals surface area contributed by atoms with E-state index in [1.807, 2.05) is 6.92 Å². The lowest BCUT2D eigenvalue weighted by atomic mass is 10.1. The zero-order valence-corrected chi connectivity index (χ0v) is 10.2. The molecule has 0 saturated carbocycles. The third kappa shape index (κ3) is 2.12. The van der Waals surface area contributed by atoms with Crippen LogP contribution in [0.1, 0.15) is 32.6 Å². The molecule has 1 aromatic rings. The topological polar surface area (TPSA) is 66.1 Å². The molecule has 0 spiro atoms. The molecule has 6 heteroatoms. The van der Waals surface area contributed by atoms with E-state index in [-0.39, 0.29) is 11.1 Å². The summed E-state index contributed by atoms with van der Waals surface area (Å²) in [6, 6.07) is 1.59. The molecule has 1 aliphatic rings. The normalized spacial score (nSPS) is 24.2. The average molecular weight is 243 g/mol. The van der Waals surface area contributed by atoms with Crippen molar-refractivity contribution in [3.05, 3.63) is 12.3 Å². The number of nitrogens with zero attached hydrogens (tertiary/aromatic N) is 2. The van der Waals surface area contributed by atoms with E-state index in [2.05, 4.69) is 10.2 Å². The van der Waals surface area contributed by atoms with Gasteiger partial charge in [-0.1, -0.05) is 12.8 Å². The Morgan fingerprint density at radius 1 is 1.44 bits per heavy atom. The van der Waals surface area contributed by atoms with Gasteiger partial charge in [0.15, 0.2) is 5.03 Å². The number of rotatable bonds is 2. The summed E-state index contributed by atoms with van der Waals surface area (Å²) in [4.78, 5) is 0. The molecule has 1 atom stereocenters. The van der Waals surface area contributed by atoms with Gasteiger partial charge < -0.3 is 0 Å². The van der Waals surface area contributed by atoms with Gasteiger partial charge in [0.05, 0.1) is 6.20 Å². The van der Waals surface area contributed by atoms with Crippen LogP contribution in [-0.2, 0) is 10.0 Å². The van der Waals surface area contributed by atoms with Gasteiger partial charge in [0.2, 0.25) is 0 Å². The Balaban J connectivity index is 2.28. The predicted octanol–water partition coefficient (Wildman–Crippen LogP) is 1.36. The van der Waals surface area contributed by atoms with Crippen LogP contribution in [0.5, 0.6) is 0 Å². The van der Waals surface area contributed by atoms with Gasteiger partial charge in [-0.2, -0.15) is 9.40 Å². The number of H-pyrrole nitrogens is 1. The van der Waals surface area contributed by atoms with Crippen molar-refractivity contribution in [2.24, 2.45) is 0 Å². The van der Waals surface area contributed by atoms with E-state index in [1.165, 1.54) is 12.3 Å². The van der Waals surface area contributed by atoms with Crippen LogP contribution in [0.15, 0.2) is 17.3 Å². The summed E-state index contributed by atoms with van der Waals surface area (Å²) in [5, 5.41) is 6.43. The van der Waals surface area contributed by atoms with Crippen LogP contribution in [-0.4, -0.2) is 35.5 Å². The molecule has 90 valence electrons. The second kappa shape index (κ2) is 4.55. The van der Waals surface area contributed by atoms with E-state index in [0.29, 0.717) is 6.54 Å². The Hall–Kier alpha value is -0.880. The molecule has 1 N–H and O–H groups in total. The quantitative estimate of drug-likeness (QED) is 0.853. The molecular formula is C10H17N3O2S. The smallest absolute Gasteiger partial charge is 0.260 e. The van der Waals surface area contributed by atoms with E-state index in [4.69, 9.17) is 0 Å². The summed E-state index contributed by atoms with van der Waals surface area (Å²) in [7, 11) is -3.38. The summed E-state index contributed by atoms with van der Waals surface area (Å²) in [6.07, 6.45) is 5.57. The fraction of sp³-hybridized carbons (Fsp3) is 0.700. The Labute approximate surface area is 95.9 Å². The third-order valence-corrected chi connectivity index (χ3v) is 5.00. The lowest BCUT2D eigenvalue weighted by molar-refractivity contribution is 0.341. The first-order valence-electron chi connectivity index (χ1n) is 5.63. The summed E-state index contributed by atoms with van der Waals surface area (Å²) < 4.78 is 26.1. The van der Waals surface area contributed by atoms with E-state index < -0.39 is 10.0 Å². The van der Waals surface area contributed by atoms with Crippen molar-refractivity contribution < 1.29 is 8.42 Å². The van der Waals surface area contributed by atoms with Crippen molar-refractivity contribution in [1.29, 1.82) is 0 Å². The van der Waals surface area contributed by atoms with Crippen molar-refractivity contribution in [3.63, 3.8) is 0 Å². The van der Waals surface area contributed by atoms with Gasteiger partial charge in [-0.05, 0) is 25.8 Å². The molecule has 1 aliphatic heterocycles. The number of sulfonamides is 1. The van der Waals surface area contributed by atoms with Gasteiger partial charge in [-0.15, -0.1) is 0 Å². The molecule has 0 aliphatic carbocycles. The van der Waals surface area contributed by atoms with Crippen molar-refractivity contribution in [2.75, 3.05) is 6.54 Å². The van der Waals surface area contributed by atoms with Crippen LogP contribution in [0.3, 0.4) is 0 Å². The number of hydrogen-bond acceptors (Lipinski definition) is 3. The van der Waals surface area contributed by atoms with E-state index in [0.717, 1.165) is 25.7 Å². The van der Waals surface area contributed by atoms with Crippen LogP contribution < -0.4 is 0 Å². The summed E-state index contributed by atoms with van der Waals surface area (Å²) in [5.74, 6) is 0. The molecule has 0 aromatic carbocycles. The molecule has 5 nitrogen and oxygen atoms in total. The fourth-order valence-electron chi connectivity index (χ4n) is 2.12. The van der Waals surface area contributed by atoms with Crippen LogP contribution in [0.25, 0.3) is 0 Å². The van der Waals surface area contributed by atoms with Gasteiger partial charge in [0.1, 0.15) is 0 Å². The van der Waals surface area contributed by atoms with E-state index in [1.54, 1.807) is 4.31 Å². The van der Waals surface area contributed by atoms with Crippen molar-refractivity contribution in [2.45, 2.75) is 43.7 Å². The first kappa shape index (κ1) is 11.6. The van der Waals surface area contributed by atoms with Crippen LogP contribution in [0.2, 0.25) is 0 Å². The number of hydrogen-bond donors (Lipinski definition) is 1. The number of aromatic amines is 1. The van der Waals surface area contributed by atoms with Gasteiger partial charge in [0.25, 0.3) is 10.0 Å². The molecule has 16 heavy (non-hydrogen) atoms. The SMILES string of the molecule is CC1CCCCCN1S(=O)(=O)c1ccn[nH]1. The minimum absolute atomic E-state index is 0.0794. The highest BCUT2D eigenvalue weighted by atomic mass is 32.2. The largest absolute Gasteiger partial charge is 0.266 e. The highest BCUT2D eigenvalue weighted by Gasteiger charge is 2.30. The maximum absolute atomic E-state index is 12.3. The zero-order chi connectivity index (χ0) is 11.6. The minimum Gasteiger partial charge on any atom is -0.266 e. The van der Waals surface area contributed by atoms with Crippen molar-refractivity contribution in [1.82, 2.24) is 14.5 Å². The van der Waals surface area contributed by atoms with Gasteiger partial charge in [-0.25, -0.2) is 8.42 Å². The molecule has 2 rings (SSSR count). The standard InChI is InChI=1S/C10H17N3O2S/c1-9-5-3-2-4-8-13(9)16(14,15)10-6-7-11-12-10/h6-7,9H,2-5,8H2,1H3,(H,11,12). The molecule has 0 bridgehead atoms. The van der Waals surface area contributed by atoms with E-state index in [9.17, 15) is 8.42 Å². The van der Waals surface area contributed by atoms with Gasteiger partial charge in [0, 0.05) is 12.6 Å². The maximum atomic E-state index is 12.3. The fourth-order valence-corrected chi connectivity index (χ4v) is 3.72. The first-order valence-corrected chi connectivity index (χ1v) is 7.07. The molecule has 2 heterocycles. The molecule has 0 amide bonds. The average Bonchev–Trinajstić information content (AvgIpc) is 2.69. The highest BCUT2D eigenvalue weighted by molar-refractivity contribution is 7.89. The lowest BCUT2D eigenvalue weighted by Gasteiger charge is -2.25. The molecular weight excluding hydrogens is 226 g/mol. The maximum Gasteiger partial charge on any atom is 0.260 e. The van der Waals surface area contributed by atoms with Crippen molar-refractivity contribution >= 4 is 10.0 Å². The molecule has 1 aromatic heterocycles. The molecule has 1 unspecified atom stereocenters. The zero-order valence-electron chi connectivity index (χ0n) is 9.39. The Morgan fingerprint density at radius 3 is 2.94 bits per heavy atom. The number of aromatic nitrogens is 2. The predicted molar refractivity (Wildman–Crippen MR) is 60.4 cm³/mol. The second-order valence-electron chi connectivity index (χ2n) is 4.24. The Morgan fingerprint density at radius 2 is 2.25 bits per heavy atom. The summed E-state index contributed by atoms with van der Waals surface area (Å²) >= 11 is 0. The monoisotopic (exact) mass is 243 g/mol. The Kier molecular flexibility index (Phi) is 3.30. The van der Waals surface area contributed by atoms with Crippen LogP contribution in [0, 0.1) is 0 Å². The second-order valence-corrected chi connectivity index (χ2v) is 6.09. The minimum atomic E-state index is -3.38. The summed E-state index contributed by atoms with van der Waals surface area (Å²) in [5.41, 5.74) is 0. The highest BCUT2D eigenvalue weighted by Crippen LogP contribution is 2.23. The van der Waals surface area contributed by atoms with Crippen molar-refractivity contribution in [3.8, 4) is 0 Å². The van der Waals surface area contributed by atoms with E-state index >= 15 is 0 Å². The van der Waals surface area contributed by atoms with Crippen LogP contribution in [0.4, 0.5) is 0 Å². The van der Waals surface area contributed by atoms with Crippen LogP contribution >= 0.6 is 0 Å². The van der Waals surface area contributed by atoms with Gasteiger partial charge >= 0.3 is 0 Å². The van der Waals surface area contributed by atoms with Gasteiger partial charge in [-0.3, -0.25) is 5.10 Å². The first-order chi connectivity index (χ1) is 7.62. The molecule has 1 saturated heterocycles. The number of nitrogens with one attached hydrogen (secondary N) is 1. The summed E-state index contributed by atoms with van der Waals surface area (Å²) in [6.45, 7) is 2.59. The molecule has 0 radical (unpaired) electrons. The Bertz CT molecular complexity index is 427.